The SMILES string of the molecule is CCC(Nc1cccc(C(=O)OC(C)(C)C)c1)C(=O)O. The summed E-state index contributed by atoms with van der Waals surface area (Å²) in [6, 6.07) is 5.97. The lowest BCUT2D eigenvalue weighted by Gasteiger charge is -2.20. The van der Waals surface area contributed by atoms with Crippen LogP contribution in [0.3, 0.4) is 0 Å². The van der Waals surface area contributed by atoms with Gasteiger partial charge in [-0.3, -0.25) is 0 Å². The Morgan fingerprint density at radius 3 is 2.50 bits per heavy atom. The third-order valence-electron chi connectivity index (χ3n) is 2.54. The van der Waals surface area contributed by atoms with E-state index in [2.05, 4.69) is 5.32 Å². The Kier molecular flexibility index (Phi) is 5.13. The van der Waals surface area contributed by atoms with Crippen LogP contribution in [0.5, 0.6) is 0 Å². The van der Waals surface area contributed by atoms with E-state index in [-0.39, 0.29) is 0 Å². The van der Waals surface area contributed by atoms with Crippen LogP contribution in [-0.4, -0.2) is 28.7 Å². The number of carboxylic acid groups (broad SMARTS) is 1. The molecule has 1 aromatic carbocycles. The number of esters is 1. The van der Waals surface area contributed by atoms with Gasteiger partial charge in [-0.05, 0) is 45.4 Å². The minimum atomic E-state index is -0.921. The molecular formula is C15H21NO4. The molecule has 0 spiro atoms. The lowest BCUT2D eigenvalue weighted by atomic mass is 10.1. The van der Waals surface area contributed by atoms with Crippen LogP contribution in [-0.2, 0) is 9.53 Å². The van der Waals surface area contributed by atoms with Gasteiger partial charge in [0.05, 0.1) is 5.56 Å². The number of hydrogen-bond acceptors (Lipinski definition) is 4. The molecule has 0 aliphatic heterocycles. The minimum Gasteiger partial charge on any atom is -0.480 e. The Balaban J connectivity index is 2.85. The molecule has 1 rings (SSSR count). The first-order chi connectivity index (χ1) is 9.23. The molecule has 1 atom stereocenters. The second-order valence-electron chi connectivity index (χ2n) is 5.53. The number of carbonyl (C=O) groups is 2. The maximum absolute atomic E-state index is 11.9. The number of ether oxygens (including phenoxy) is 1. The topological polar surface area (TPSA) is 75.6 Å². The van der Waals surface area contributed by atoms with Crippen molar-refractivity contribution < 1.29 is 19.4 Å². The normalized spacial score (nSPS) is 12.6. The molecule has 110 valence electrons. The molecule has 0 amide bonds. The third kappa shape index (κ3) is 4.91. The van der Waals surface area contributed by atoms with Crippen molar-refractivity contribution in [3.63, 3.8) is 0 Å². The van der Waals surface area contributed by atoms with Crippen molar-refractivity contribution in [3.8, 4) is 0 Å². The minimum absolute atomic E-state index is 0.394. The van der Waals surface area contributed by atoms with Crippen LogP contribution in [0, 0.1) is 0 Å². The molecular weight excluding hydrogens is 258 g/mol. The van der Waals surface area contributed by atoms with Gasteiger partial charge in [0.1, 0.15) is 11.6 Å². The largest absolute Gasteiger partial charge is 0.480 e. The first-order valence-electron chi connectivity index (χ1n) is 6.55. The van der Waals surface area contributed by atoms with Crippen LogP contribution < -0.4 is 5.32 Å². The van der Waals surface area contributed by atoms with Gasteiger partial charge in [0.2, 0.25) is 0 Å². The first-order valence-corrected chi connectivity index (χ1v) is 6.55. The van der Waals surface area contributed by atoms with Crippen LogP contribution in [0.2, 0.25) is 0 Å². The number of anilines is 1. The predicted octanol–water partition coefficient (Wildman–Crippen LogP) is 2.92. The Labute approximate surface area is 118 Å². The summed E-state index contributed by atoms with van der Waals surface area (Å²) in [5.41, 5.74) is 0.417. The summed E-state index contributed by atoms with van der Waals surface area (Å²) in [6.07, 6.45) is 0.450. The predicted molar refractivity (Wildman–Crippen MR) is 76.9 cm³/mol. The highest BCUT2D eigenvalue weighted by molar-refractivity contribution is 5.91. The molecule has 0 bridgehead atoms. The lowest BCUT2D eigenvalue weighted by molar-refractivity contribution is -0.137. The summed E-state index contributed by atoms with van der Waals surface area (Å²) in [5.74, 6) is -1.35. The molecule has 5 heteroatoms. The summed E-state index contributed by atoms with van der Waals surface area (Å²) in [4.78, 5) is 22.9. The molecule has 0 heterocycles. The average Bonchev–Trinajstić information content (AvgIpc) is 2.34. The van der Waals surface area contributed by atoms with Gasteiger partial charge in [0.25, 0.3) is 0 Å². The average molecular weight is 279 g/mol. The molecule has 20 heavy (non-hydrogen) atoms. The molecule has 1 aromatic rings. The fourth-order valence-electron chi connectivity index (χ4n) is 1.61. The van der Waals surface area contributed by atoms with Crippen molar-refractivity contribution in [2.75, 3.05) is 5.32 Å². The summed E-state index contributed by atoms with van der Waals surface area (Å²) < 4.78 is 5.27. The van der Waals surface area contributed by atoms with Crippen molar-refractivity contribution in [2.45, 2.75) is 45.8 Å². The lowest BCUT2D eigenvalue weighted by Crippen LogP contribution is -2.28. The number of carbonyl (C=O) groups excluding carboxylic acids is 1. The number of hydrogen-bond donors (Lipinski definition) is 2. The molecule has 0 saturated carbocycles. The van der Waals surface area contributed by atoms with Crippen molar-refractivity contribution in [3.05, 3.63) is 29.8 Å². The van der Waals surface area contributed by atoms with E-state index in [9.17, 15) is 9.59 Å². The fraction of sp³-hybridized carbons (Fsp3) is 0.467. The molecule has 0 radical (unpaired) electrons. The van der Waals surface area contributed by atoms with Crippen LogP contribution in [0.15, 0.2) is 24.3 Å². The third-order valence-corrected chi connectivity index (χ3v) is 2.54. The smallest absolute Gasteiger partial charge is 0.338 e. The molecule has 0 fully saturated rings. The number of carboxylic acids is 1. The van der Waals surface area contributed by atoms with Crippen LogP contribution in [0.1, 0.15) is 44.5 Å². The standard InChI is InChI=1S/C15H21NO4/c1-5-12(13(17)18)16-11-8-6-7-10(9-11)14(19)20-15(2,3)4/h6-9,12,16H,5H2,1-4H3,(H,17,18). The monoisotopic (exact) mass is 279 g/mol. The van der Waals surface area contributed by atoms with E-state index < -0.39 is 23.6 Å². The molecule has 2 N–H and O–H groups in total. The molecule has 1 unspecified atom stereocenters. The molecule has 0 aliphatic carbocycles. The van der Waals surface area contributed by atoms with Crippen LogP contribution in [0.25, 0.3) is 0 Å². The Morgan fingerprint density at radius 2 is 2.00 bits per heavy atom. The number of aliphatic carboxylic acids is 1. The number of nitrogens with one attached hydrogen (secondary N) is 1. The van der Waals surface area contributed by atoms with Gasteiger partial charge in [-0.2, -0.15) is 0 Å². The number of benzene rings is 1. The van der Waals surface area contributed by atoms with Gasteiger partial charge in [0, 0.05) is 5.69 Å². The van der Waals surface area contributed by atoms with E-state index in [0.29, 0.717) is 17.7 Å². The van der Waals surface area contributed by atoms with E-state index in [4.69, 9.17) is 9.84 Å². The maximum Gasteiger partial charge on any atom is 0.338 e. The summed E-state index contributed by atoms with van der Waals surface area (Å²) in [7, 11) is 0. The van der Waals surface area contributed by atoms with Crippen molar-refractivity contribution >= 4 is 17.6 Å². The second-order valence-corrected chi connectivity index (χ2v) is 5.53. The Morgan fingerprint density at radius 1 is 1.35 bits per heavy atom. The summed E-state index contributed by atoms with van der Waals surface area (Å²) in [5, 5.41) is 11.9. The highest BCUT2D eigenvalue weighted by atomic mass is 16.6. The highest BCUT2D eigenvalue weighted by Gasteiger charge is 2.19. The molecule has 0 aliphatic rings. The zero-order chi connectivity index (χ0) is 15.3. The Bertz CT molecular complexity index is 491. The first kappa shape index (κ1) is 16.0. The van der Waals surface area contributed by atoms with Gasteiger partial charge in [-0.25, -0.2) is 9.59 Å². The number of rotatable bonds is 5. The molecule has 0 aromatic heterocycles. The zero-order valence-electron chi connectivity index (χ0n) is 12.3. The van der Waals surface area contributed by atoms with Crippen molar-refractivity contribution in [2.24, 2.45) is 0 Å². The van der Waals surface area contributed by atoms with Crippen molar-refractivity contribution in [1.82, 2.24) is 0 Å². The van der Waals surface area contributed by atoms with E-state index in [1.54, 1.807) is 52.0 Å². The van der Waals surface area contributed by atoms with Crippen LogP contribution in [0.4, 0.5) is 5.69 Å². The van der Waals surface area contributed by atoms with Gasteiger partial charge in [0.15, 0.2) is 0 Å². The van der Waals surface area contributed by atoms with Crippen molar-refractivity contribution in [1.29, 1.82) is 0 Å². The van der Waals surface area contributed by atoms with Gasteiger partial charge >= 0.3 is 11.9 Å². The van der Waals surface area contributed by atoms with E-state index in [0.717, 1.165) is 0 Å². The summed E-state index contributed by atoms with van der Waals surface area (Å²) in [6.45, 7) is 7.17. The van der Waals surface area contributed by atoms with E-state index in [1.165, 1.54) is 0 Å². The Hall–Kier alpha value is -2.04. The molecule has 5 nitrogen and oxygen atoms in total. The quantitative estimate of drug-likeness (QED) is 0.810. The van der Waals surface area contributed by atoms with Gasteiger partial charge < -0.3 is 15.2 Å². The fourth-order valence-corrected chi connectivity index (χ4v) is 1.61. The molecule has 0 saturated heterocycles. The van der Waals surface area contributed by atoms with E-state index in [1.807, 2.05) is 0 Å². The maximum atomic E-state index is 11.9. The van der Waals surface area contributed by atoms with Gasteiger partial charge in [-0.1, -0.05) is 13.0 Å². The zero-order valence-corrected chi connectivity index (χ0v) is 12.3. The van der Waals surface area contributed by atoms with E-state index >= 15 is 0 Å². The summed E-state index contributed by atoms with van der Waals surface area (Å²) >= 11 is 0. The van der Waals surface area contributed by atoms with Crippen LogP contribution >= 0.6 is 0 Å². The highest BCUT2D eigenvalue weighted by Crippen LogP contribution is 2.17. The second kappa shape index (κ2) is 6.41. The van der Waals surface area contributed by atoms with Gasteiger partial charge in [-0.15, -0.1) is 0 Å².